The fourth-order valence-electron chi connectivity index (χ4n) is 3.77. The molecule has 0 aromatic carbocycles. The van der Waals surface area contributed by atoms with E-state index in [9.17, 15) is 14.0 Å². The quantitative estimate of drug-likeness (QED) is 0.793. The Morgan fingerprint density at radius 1 is 1.33 bits per heavy atom. The predicted molar refractivity (Wildman–Crippen MR) is 85.0 cm³/mol. The van der Waals surface area contributed by atoms with Gasteiger partial charge in [0.25, 0.3) is 5.91 Å². The van der Waals surface area contributed by atoms with Crippen LogP contribution in [0.25, 0.3) is 5.65 Å². The van der Waals surface area contributed by atoms with E-state index in [4.69, 9.17) is 0 Å². The van der Waals surface area contributed by atoms with Crippen LogP contribution in [0.1, 0.15) is 22.5 Å². The number of hydrogen-bond donors (Lipinski definition) is 0. The van der Waals surface area contributed by atoms with Crippen molar-refractivity contribution in [1.82, 2.24) is 19.2 Å². The van der Waals surface area contributed by atoms with E-state index in [1.54, 1.807) is 29.1 Å². The van der Waals surface area contributed by atoms with Crippen molar-refractivity contribution in [3.63, 3.8) is 0 Å². The highest BCUT2D eigenvalue weighted by molar-refractivity contribution is 5.94. The van der Waals surface area contributed by atoms with Crippen LogP contribution in [-0.4, -0.2) is 57.7 Å². The summed E-state index contributed by atoms with van der Waals surface area (Å²) in [5.41, 5.74) is 1.13. The molecule has 0 radical (unpaired) electrons. The number of aryl methyl sites for hydroxylation is 1. The molecule has 4 heterocycles. The predicted octanol–water partition coefficient (Wildman–Crippen LogP) is 1.33. The highest BCUT2D eigenvalue weighted by atomic mass is 19.1. The normalized spacial score (nSPS) is 23.9. The average molecular weight is 330 g/mol. The molecule has 2 atom stereocenters. The number of amides is 2. The number of likely N-dealkylation sites (tertiary alicyclic amines) is 2. The van der Waals surface area contributed by atoms with E-state index < -0.39 is 11.9 Å². The zero-order valence-electron chi connectivity index (χ0n) is 13.7. The van der Waals surface area contributed by atoms with Gasteiger partial charge < -0.3 is 9.80 Å². The van der Waals surface area contributed by atoms with E-state index >= 15 is 0 Å². The minimum atomic E-state index is -0.642. The van der Waals surface area contributed by atoms with Gasteiger partial charge in [-0.3, -0.25) is 14.0 Å². The number of imidazole rings is 1. The molecule has 6 nitrogen and oxygen atoms in total. The smallest absolute Gasteiger partial charge is 0.277 e. The summed E-state index contributed by atoms with van der Waals surface area (Å²) in [5.74, 6) is -1.00. The topological polar surface area (TPSA) is 57.9 Å². The molecule has 2 fully saturated rings. The van der Waals surface area contributed by atoms with E-state index in [1.807, 2.05) is 13.0 Å². The first kappa shape index (κ1) is 15.1. The van der Waals surface area contributed by atoms with Crippen molar-refractivity contribution in [2.45, 2.75) is 13.3 Å². The van der Waals surface area contributed by atoms with Crippen molar-refractivity contribution in [1.29, 1.82) is 0 Å². The van der Waals surface area contributed by atoms with Crippen LogP contribution in [0.3, 0.4) is 0 Å². The second-order valence-electron chi connectivity index (χ2n) is 6.81. The molecule has 2 aromatic rings. The second-order valence-corrected chi connectivity index (χ2v) is 6.81. The number of piperidine rings is 1. The molecule has 2 amide bonds. The number of pyridine rings is 1. The second kappa shape index (κ2) is 5.29. The Morgan fingerprint density at radius 2 is 2.12 bits per heavy atom. The number of carbonyl (C=O) groups excluding carboxylic acids is 2. The summed E-state index contributed by atoms with van der Waals surface area (Å²) >= 11 is 0. The first-order valence-electron chi connectivity index (χ1n) is 8.14. The molecule has 0 aliphatic carbocycles. The zero-order chi connectivity index (χ0) is 17.0. The third kappa shape index (κ3) is 2.18. The van der Waals surface area contributed by atoms with Crippen molar-refractivity contribution in [3.05, 3.63) is 35.5 Å². The lowest BCUT2D eigenvalue weighted by atomic mass is 9.88. The maximum absolute atomic E-state index is 14.6. The van der Waals surface area contributed by atoms with Crippen LogP contribution in [0.4, 0.5) is 4.39 Å². The van der Waals surface area contributed by atoms with Gasteiger partial charge in [-0.25, -0.2) is 4.98 Å². The molecule has 7 heteroatoms. The van der Waals surface area contributed by atoms with Gasteiger partial charge >= 0.3 is 0 Å². The number of hydrogen-bond acceptors (Lipinski definition) is 3. The molecule has 2 aliphatic heterocycles. The van der Waals surface area contributed by atoms with Gasteiger partial charge in [0.15, 0.2) is 5.69 Å². The molecule has 2 aliphatic rings. The number of halogens is 1. The van der Waals surface area contributed by atoms with Crippen LogP contribution < -0.4 is 0 Å². The third-order valence-electron chi connectivity index (χ3n) is 5.17. The molecular weight excluding hydrogens is 311 g/mol. The molecule has 24 heavy (non-hydrogen) atoms. The molecule has 0 spiro atoms. The molecule has 126 valence electrons. The average Bonchev–Trinajstić information content (AvgIpc) is 3.13. The van der Waals surface area contributed by atoms with Crippen LogP contribution >= 0.6 is 0 Å². The largest absolute Gasteiger partial charge is 0.345 e. The summed E-state index contributed by atoms with van der Waals surface area (Å²) in [7, 11) is 1.78. The molecule has 4 rings (SSSR count). The Morgan fingerprint density at radius 3 is 2.92 bits per heavy atom. The number of nitrogens with zero attached hydrogens (tertiary/aromatic N) is 4. The summed E-state index contributed by atoms with van der Waals surface area (Å²) in [6.07, 6.45) is 2.50. The molecule has 2 saturated heterocycles. The van der Waals surface area contributed by atoms with Gasteiger partial charge in [0.1, 0.15) is 5.65 Å². The van der Waals surface area contributed by atoms with Gasteiger partial charge in [-0.1, -0.05) is 6.07 Å². The standard InChI is InChI=1S/C17H19FN4O2/c1-10-3-4-13-19-14(15(18)22(13)7-10)17(24)21-8-11-5-6-20(2)16(23)12(11)9-21/h3-4,7,11-12H,5-6,8-9H2,1-2H3/t11-,12+/m1/s1. The fraction of sp³-hybridized carbons (Fsp3) is 0.471. The van der Waals surface area contributed by atoms with Crippen molar-refractivity contribution < 1.29 is 14.0 Å². The van der Waals surface area contributed by atoms with Gasteiger partial charge in [0.05, 0.1) is 5.92 Å². The summed E-state index contributed by atoms with van der Waals surface area (Å²) in [4.78, 5) is 32.4. The summed E-state index contributed by atoms with van der Waals surface area (Å²) in [6, 6.07) is 3.52. The Balaban J connectivity index is 1.63. The minimum absolute atomic E-state index is 0.0765. The summed E-state index contributed by atoms with van der Waals surface area (Å²) in [6.45, 7) is 3.41. The first-order valence-corrected chi connectivity index (χ1v) is 8.14. The lowest BCUT2D eigenvalue weighted by Gasteiger charge is -2.30. The van der Waals surface area contributed by atoms with Gasteiger partial charge in [-0.15, -0.1) is 0 Å². The molecule has 0 N–H and O–H groups in total. The molecule has 0 unspecified atom stereocenters. The lowest BCUT2D eigenvalue weighted by molar-refractivity contribution is -0.137. The van der Waals surface area contributed by atoms with E-state index in [-0.39, 0.29) is 23.4 Å². The van der Waals surface area contributed by atoms with Crippen molar-refractivity contribution >= 4 is 17.5 Å². The van der Waals surface area contributed by atoms with Crippen molar-refractivity contribution in [3.8, 4) is 0 Å². The van der Waals surface area contributed by atoms with E-state index in [0.29, 0.717) is 25.3 Å². The number of carbonyl (C=O) groups is 2. The maximum Gasteiger partial charge on any atom is 0.277 e. The molecule has 0 bridgehead atoms. The number of fused-ring (bicyclic) bond motifs is 2. The van der Waals surface area contributed by atoms with Crippen LogP contribution in [0, 0.1) is 24.7 Å². The molecular formula is C17H19FN4O2. The van der Waals surface area contributed by atoms with Crippen molar-refractivity contribution in [2.75, 3.05) is 26.7 Å². The number of aromatic nitrogens is 2. The highest BCUT2D eigenvalue weighted by Gasteiger charge is 2.44. The maximum atomic E-state index is 14.6. The monoisotopic (exact) mass is 330 g/mol. The van der Waals surface area contributed by atoms with E-state index in [1.165, 1.54) is 4.40 Å². The Hall–Kier alpha value is -2.44. The van der Waals surface area contributed by atoms with Gasteiger partial charge in [0.2, 0.25) is 11.9 Å². The fourth-order valence-corrected chi connectivity index (χ4v) is 3.77. The lowest BCUT2D eigenvalue weighted by Crippen LogP contribution is -2.42. The van der Waals surface area contributed by atoms with Gasteiger partial charge in [-0.2, -0.15) is 4.39 Å². The Bertz CT molecular complexity index is 846. The summed E-state index contributed by atoms with van der Waals surface area (Å²) in [5, 5.41) is 0. The van der Waals surface area contributed by atoms with Crippen LogP contribution in [0.2, 0.25) is 0 Å². The van der Waals surface area contributed by atoms with Crippen LogP contribution in [0.15, 0.2) is 18.3 Å². The SMILES string of the molecule is Cc1ccc2nc(C(=O)N3C[C@H]4CCN(C)C(=O)[C@H]4C3)c(F)n2c1. The first-order chi connectivity index (χ1) is 11.5. The van der Waals surface area contributed by atoms with E-state index in [2.05, 4.69) is 4.98 Å². The molecule has 2 aromatic heterocycles. The van der Waals surface area contributed by atoms with Crippen molar-refractivity contribution in [2.24, 2.45) is 11.8 Å². The number of rotatable bonds is 1. The minimum Gasteiger partial charge on any atom is -0.345 e. The highest BCUT2D eigenvalue weighted by Crippen LogP contribution is 2.32. The Labute approximate surface area is 138 Å². The Kier molecular flexibility index (Phi) is 3.33. The third-order valence-corrected chi connectivity index (χ3v) is 5.17. The molecule has 0 saturated carbocycles. The van der Waals surface area contributed by atoms with Crippen LogP contribution in [0.5, 0.6) is 0 Å². The summed E-state index contributed by atoms with van der Waals surface area (Å²) < 4.78 is 15.9. The van der Waals surface area contributed by atoms with Gasteiger partial charge in [0, 0.05) is 32.9 Å². The van der Waals surface area contributed by atoms with Gasteiger partial charge in [-0.05, 0) is 30.9 Å². The van der Waals surface area contributed by atoms with E-state index in [0.717, 1.165) is 12.0 Å². The zero-order valence-corrected chi connectivity index (χ0v) is 13.7. The van der Waals surface area contributed by atoms with Crippen LogP contribution in [-0.2, 0) is 4.79 Å².